The molecule has 16 heavy (non-hydrogen) atoms. The second-order valence-corrected chi connectivity index (χ2v) is 4.53. The maximum atomic E-state index is 11.2. The zero-order chi connectivity index (χ0) is 12.0. The van der Waals surface area contributed by atoms with Crippen molar-refractivity contribution >= 4 is 5.97 Å². The van der Waals surface area contributed by atoms with Crippen molar-refractivity contribution in [2.75, 3.05) is 26.7 Å². The van der Waals surface area contributed by atoms with Crippen LogP contribution in [0.25, 0.3) is 0 Å². The van der Waals surface area contributed by atoms with E-state index in [0.717, 1.165) is 19.0 Å². The second-order valence-electron chi connectivity index (χ2n) is 4.53. The molecule has 1 saturated carbocycles. The van der Waals surface area contributed by atoms with Crippen LogP contribution in [0.2, 0.25) is 0 Å². The monoisotopic (exact) mass is 225 g/mol. The van der Waals surface area contributed by atoms with Gasteiger partial charge >= 0.3 is 5.97 Å². The number of esters is 1. The Bertz CT molecular complexity index is 257. The predicted octanol–water partition coefficient (Wildman–Crippen LogP) is 2.23. The van der Waals surface area contributed by atoms with E-state index in [1.54, 1.807) is 0 Å². The molecule has 3 heteroatoms. The molecule has 0 radical (unpaired) electrons. The maximum Gasteiger partial charge on any atom is 0.333 e. The summed E-state index contributed by atoms with van der Waals surface area (Å²) in [5.41, 5.74) is 0.703. The molecule has 3 nitrogen and oxygen atoms in total. The Morgan fingerprint density at radius 3 is 2.62 bits per heavy atom. The summed E-state index contributed by atoms with van der Waals surface area (Å²) in [5.74, 6) is 0.659. The van der Waals surface area contributed by atoms with Crippen LogP contribution in [0.3, 0.4) is 0 Å². The molecule has 0 aromatic carbocycles. The molecule has 0 aromatic rings. The molecule has 1 aliphatic carbocycles. The summed E-state index contributed by atoms with van der Waals surface area (Å²) >= 11 is 0. The van der Waals surface area contributed by atoms with Crippen molar-refractivity contribution in [3.63, 3.8) is 0 Å². The van der Waals surface area contributed by atoms with Crippen molar-refractivity contribution in [1.82, 2.24) is 4.90 Å². The first-order valence-electron chi connectivity index (χ1n) is 6.14. The highest BCUT2D eigenvalue weighted by Gasteiger charge is 2.19. The fourth-order valence-electron chi connectivity index (χ4n) is 1.88. The van der Waals surface area contributed by atoms with Gasteiger partial charge in [-0.15, -0.1) is 0 Å². The zero-order valence-electron chi connectivity index (χ0n) is 10.7. The van der Waals surface area contributed by atoms with E-state index in [2.05, 4.69) is 16.6 Å². The van der Waals surface area contributed by atoms with Crippen LogP contribution < -0.4 is 0 Å². The van der Waals surface area contributed by atoms with Gasteiger partial charge in [-0.25, -0.2) is 4.79 Å². The lowest BCUT2D eigenvalue weighted by Gasteiger charge is -2.31. The summed E-state index contributed by atoms with van der Waals surface area (Å²) in [6.07, 6.45) is 6.10. The Morgan fingerprint density at radius 1 is 1.50 bits per heavy atom. The van der Waals surface area contributed by atoms with Crippen molar-refractivity contribution in [2.45, 2.75) is 33.1 Å². The van der Waals surface area contributed by atoms with Crippen LogP contribution in [0.5, 0.6) is 0 Å². The third-order valence-corrected chi connectivity index (χ3v) is 3.35. The van der Waals surface area contributed by atoms with Crippen molar-refractivity contribution in [3.8, 4) is 0 Å². The lowest BCUT2D eigenvalue weighted by Crippen LogP contribution is -2.32. The first kappa shape index (κ1) is 13.2. The molecule has 1 aliphatic rings. The number of ether oxygens (including phenoxy) is 1. The third-order valence-electron chi connectivity index (χ3n) is 3.35. The molecule has 0 bridgehead atoms. The van der Waals surface area contributed by atoms with Gasteiger partial charge in [-0.1, -0.05) is 19.4 Å². The first-order valence-corrected chi connectivity index (χ1v) is 6.14. The molecular formula is C13H23NO2. The number of carbonyl (C=O) groups excluding carboxylic acids is 1. The molecule has 0 atom stereocenters. The van der Waals surface area contributed by atoms with E-state index in [0.29, 0.717) is 5.57 Å². The molecule has 0 aromatic heterocycles. The summed E-state index contributed by atoms with van der Waals surface area (Å²) in [5, 5.41) is 0. The van der Waals surface area contributed by atoms with E-state index in [9.17, 15) is 4.79 Å². The van der Waals surface area contributed by atoms with E-state index >= 15 is 0 Å². The highest BCUT2D eigenvalue weighted by Crippen LogP contribution is 2.26. The molecule has 1 rings (SSSR count). The third kappa shape index (κ3) is 3.97. The van der Waals surface area contributed by atoms with Crippen LogP contribution >= 0.6 is 0 Å². The minimum atomic E-state index is -0.223. The van der Waals surface area contributed by atoms with Crippen LogP contribution in [-0.4, -0.2) is 37.6 Å². The van der Waals surface area contributed by atoms with E-state index in [1.807, 2.05) is 13.0 Å². The number of carbonyl (C=O) groups is 1. The van der Waals surface area contributed by atoms with Gasteiger partial charge in [0.15, 0.2) is 0 Å². The van der Waals surface area contributed by atoms with E-state index in [4.69, 9.17) is 0 Å². The highest BCUT2D eigenvalue weighted by atomic mass is 16.5. The van der Waals surface area contributed by atoms with Crippen molar-refractivity contribution in [3.05, 3.63) is 11.6 Å². The molecule has 0 unspecified atom stereocenters. The van der Waals surface area contributed by atoms with E-state index in [1.165, 1.54) is 32.9 Å². The molecule has 0 saturated heterocycles. The molecule has 0 N–H and O–H groups in total. The van der Waals surface area contributed by atoms with Gasteiger partial charge in [-0.2, -0.15) is 0 Å². The number of likely N-dealkylation sites (N-methyl/N-ethyl adjacent to an activating group) is 1. The topological polar surface area (TPSA) is 29.5 Å². The second kappa shape index (κ2) is 6.69. The van der Waals surface area contributed by atoms with Crippen LogP contribution in [0.1, 0.15) is 33.1 Å². The minimum absolute atomic E-state index is 0.223. The highest BCUT2D eigenvalue weighted by molar-refractivity contribution is 5.87. The normalized spacial score (nSPS) is 17.4. The van der Waals surface area contributed by atoms with Crippen LogP contribution in [0.4, 0.5) is 0 Å². The maximum absolute atomic E-state index is 11.2. The van der Waals surface area contributed by atoms with Gasteiger partial charge < -0.3 is 4.74 Å². The van der Waals surface area contributed by atoms with Crippen molar-refractivity contribution in [2.24, 2.45) is 5.92 Å². The van der Waals surface area contributed by atoms with E-state index in [-0.39, 0.29) is 5.97 Å². The molecule has 0 spiro atoms. The predicted molar refractivity (Wildman–Crippen MR) is 65.2 cm³/mol. The Balaban J connectivity index is 2.34. The molecule has 0 amide bonds. The summed E-state index contributed by atoms with van der Waals surface area (Å²) in [6.45, 7) is 7.04. The van der Waals surface area contributed by atoms with Crippen LogP contribution in [0, 0.1) is 5.92 Å². The molecule has 92 valence electrons. The molecule has 0 aliphatic heterocycles. The Hall–Kier alpha value is -0.830. The molecule has 1 fully saturated rings. The van der Waals surface area contributed by atoms with E-state index < -0.39 is 0 Å². The van der Waals surface area contributed by atoms with Crippen LogP contribution in [0.15, 0.2) is 11.6 Å². The van der Waals surface area contributed by atoms with Gasteiger partial charge in [0.05, 0.1) is 7.11 Å². The number of hydrogen-bond donors (Lipinski definition) is 0. The summed E-state index contributed by atoms with van der Waals surface area (Å²) in [4.78, 5) is 13.6. The molecule has 0 heterocycles. The fraction of sp³-hybridized carbons (Fsp3) is 0.769. The number of methoxy groups -OCH3 is 1. The van der Waals surface area contributed by atoms with Crippen LogP contribution in [-0.2, 0) is 9.53 Å². The summed E-state index contributed by atoms with van der Waals surface area (Å²) in [7, 11) is 1.42. The first-order chi connectivity index (χ1) is 7.67. The quantitative estimate of drug-likeness (QED) is 0.513. The standard InChI is InChI=1S/C13H23NO2/c1-4-14(10-12-6-5-7-12)9-8-11(2)13(15)16-3/h8,12H,4-7,9-10H2,1-3H3/b11-8-. The average molecular weight is 225 g/mol. The van der Waals surface area contributed by atoms with Gasteiger partial charge in [-0.05, 0) is 32.2 Å². The Morgan fingerprint density at radius 2 is 2.19 bits per heavy atom. The number of rotatable bonds is 6. The van der Waals surface area contributed by atoms with Gasteiger partial charge in [0.2, 0.25) is 0 Å². The van der Waals surface area contributed by atoms with Gasteiger partial charge in [0, 0.05) is 18.7 Å². The largest absolute Gasteiger partial charge is 0.466 e. The average Bonchev–Trinajstić information content (AvgIpc) is 2.25. The van der Waals surface area contributed by atoms with Gasteiger partial charge in [0.1, 0.15) is 0 Å². The number of hydrogen-bond acceptors (Lipinski definition) is 3. The zero-order valence-corrected chi connectivity index (χ0v) is 10.7. The fourth-order valence-corrected chi connectivity index (χ4v) is 1.88. The Labute approximate surface area is 98.5 Å². The molecular weight excluding hydrogens is 202 g/mol. The summed E-state index contributed by atoms with van der Waals surface area (Å²) in [6, 6.07) is 0. The van der Waals surface area contributed by atoms with Gasteiger partial charge in [0.25, 0.3) is 0 Å². The minimum Gasteiger partial charge on any atom is -0.466 e. The van der Waals surface area contributed by atoms with Gasteiger partial charge in [-0.3, -0.25) is 4.90 Å². The number of nitrogens with zero attached hydrogens (tertiary/aromatic N) is 1. The lowest BCUT2D eigenvalue weighted by molar-refractivity contribution is -0.136. The van der Waals surface area contributed by atoms with Crippen molar-refractivity contribution < 1.29 is 9.53 Å². The SMILES string of the molecule is CCN(C/C=C(/C)C(=O)OC)CC1CCC1. The Kier molecular flexibility index (Phi) is 5.53. The van der Waals surface area contributed by atoms with Crippen molar-refractivity contribution in [1.29, 1.82) is 0 Å². The summed E-state index contributed by atoms with van der Waals surface area (Å²) < 4.78 is 4.67. The lowest BCUT2D eigenvalue weighted by atomic mass is 9.85. The smallest absolute Gasteiger partial charge is 0.333 e.